The van der Waals surface area contributed by atoms with Gasteiger partial charge in [-0.05, 0) is 19.1 Å². The summed E-state index contributed by atoms with van der Waals surface area (Å²) in [4.78, 5) is 22.0. The number of nitro benzene ring substituents is 1. The monoisotopic (exact) mass is 306 g/mol. The van der Waals surface area contributed by atoms with E-state index >= 15 is 0 Å². The first-order valence-corrected chi connectivity index (χ1v) is 5.77. The van der Waals surface area contributed by atoms with Gasteiger partial charge in [0.25, 0.3) is 5.91 Å². The summed E-state index contributed by atoms with van der Waals surface area (Å²) in [5.74, 6) is 4.13. The minimum Gasteiger partial charge on any atom is -0.349 e. The fraction of sp³-hybridized carbons (Fsp3) is 0.364. The Morgan fingerprint density at radius 2 is 2.10 bits per heavy atom. The summed E-state index contributed by atoms with van der Waals surface area (Å²) in [6.45, 7) is 1.16. The van der Waals surface area contributed by atoms with E-state index in [9.17, 15) is 28.1 Å². The topological polar surface area (TPSA) is 110 Å². The number of alkyl halides is 3. The van der Waals surface area contributed by atoms with Gasteiger partial charge in [-0.2, -0.15) is 13.2 Å². The van der Waals surface area contributed by atoms with E-state index in [2.05, 4.69) is 10.7 Å². The van der Waals surface area contributed by atoms with Gasteiger partial charge in [0.15, 0.2) is 0 Å². The lowest BCUT2D eigenvalue weighted by Gasteiger charge is -2.16. The van der Waals surface area contributed by atoms with Gasteiger partial charge in [0, 0.05) is 6.04 Å². The summed E-state index contributed by atoms with van der Waals surface area (Å²) in [6, 6.07) is 2.51. The largest absolute Gasteiger partial charge is 0.391 e. The molecule has 0 bridgehead atoms. The molecule has 0 aliphatic rings. The molecule has 0 aromatic heterocycles. The molecule has 0 aliphatic heterocycles. The number of halogens is 3. The van der Waals surface area contributed by atoms with Gasteiger partial charge in [0.2, 0.25) is 0 Å². The fourth-order valence-corrected chi connectivity index (χ4v) is 1.74. The van der Waals surface area contributed by atoms with Crippen LogP contribution in [-0.4, -0.2) is 23.0 Å². The molecule has 0 saturated heterocycles. The van der Waals surface area contributed by atoms with E-state index in [0.29, 0.717) is 0 Å². The molecule has 0 fully saturated rings. The van der Waals surface area contributed by atoms with Crippen LogP contribution in [0.5, 0.6) is 0 Å². The van der Waals surface area contributed by atoms with Gasteiger partial charge in [0.1, 0.15) is 11.3 Å². The van der Waals surface area contributed by atoms with E-state index in [1.165, 1.54) is 12.1 Å². The second-order valence-corrected chi connectivity index (χ2v) is 4.30. The summed E-state index contributed by atoms with van der Waals surface area (Å²) in [5, 5.41) is 13.0. The summed E-state index contributed by atoms with van der Waals surface area (Å²) < 4.78 is 36.6. The van der Waals surface area contributed by atoms with Crippen molar-refractivity contribution in [1.82, 2.24) is 5.32 Å². The van der Waals surface area contributed by atoms with Gasteiger partial charge < -0.3 is 10.7 Å². The quantitative estimate of drug-likeness (QED) is 0.437. The maximum Gasteiger partial charge on any atom is 0.391 e. The van der Waals surface area contributed by atoms with Crippen molar-refractivity contribution in [2.75, 3.05) is 5.43 Å². The number of amides is 1. The standard InChI is InChI=1S/C11H13F3N4O3/c1-6(5-11(12,13)14)16-10(19)7-3-2-4-8(17-15)9(7)18(20)21/h2-4,6,17H,5,15H2,1H3,(H,16,19). The van der Waals surface area contributed by atoms with Crippen molar-refractivity contribution in [2.45, 2.75) is 25.6 Å². The highest BCUT2D eigenvalue weighted by Crippen LogP contribution is 2.28. The van der Waals surface area contributed by atoms with Crippen LogP contribution in [0.2, 0.25) is 0 Å². The molecular formula is C11H13F3N4O3. The summed E-state index contributed by atoms with van der Waals surface area (Å²) in [7, 11) is 0. The molecule has 1 atom stereocenters. The molecule has 0 heterocycles. The smallest absolute Gasteiger partial charge is 0.349 e. The zero-order chi connectivity index (χ0) is 16.2. The predicted molar refractivity (Wildman–Crippen MR) is 68.5 cm³/mol. The number of hydrazine groups is 1. The van der Waals surface area contributed by atoms with Crippen molar-refractivity contribution in [2.24, 2.45) is 5.84 Å². The number of carbonyl (C=O) groups excluding carboxylic acids is 1. The molecule has 4 N–H and O–H groups in total. The first-order chi connectivity index (χ1) is 9.65. The number of nitrogen functional groups attached to an aromatic ring is 1. The highest BCUT2D eigenvalue weighted by atomic mass is 19.4. The normalized spacial score (nSPS) is 12.6. The Morgan fingerprint density at radius 1 is 1.48 bits per heavy atom. The van der Waals surface area contributed by atoms with Crippen LogP contribution in [0.3, 0.4) is 0 Å². The first-order valence-electron chi connectivity index (χ1n) is 5.77. The van der Waals surface area contributed by atoms with Gasteiger partial charge in [-0.1, -0.05) is 6.07 Å². The molecule has 0 aliphatic carbocycles. The second kappa shape index (κ2) is 6.39. The van der Waals surface area contributed by atoms with Gasteiger partial charge >= 0.3 is 11.9 Å². The Bertz CT molecular complexity index is 548. The van der Waals surface area contributed by atoms with Crippen molar-refractivity contribution in [1.29, 1.82) is 0 Å². The second-order valence-electron chi connectivity index (χ2n) is 4.30. The molecule has 0 spiro atoms. The molecule has 1 rings (SSSR count). The third-order valence-electron chi connectivity index (χ3n) is 2.53. The van der Waals surface area contributed by atoms with Crippen LogP contribution in [0.1, 0.15) is 23.7 Å². The summed E-state index contributed by atoms with van der Waals surface area (Å²) in [5.41, 5.74) is 0.976. The lowest BCUT2D eigenvalue weighted by atomic mass is 10.1. The van der Waals surface area contributed by atoms with Crippen molar-refractivity contribution in [3.63, 3.8) is 0 Å². The van der Waals surface area contributed by atoms with Gasteiger partial charge in [-0.3, -0.25) is 20.8 Å². The zero-order valence-corrected chi connectivity index (χ0v) is 10.9. The Hall–Kier alpha value is -2.36. The van der Waals surface area contributed by atoms with E-state index in [1.807, 2.05) is 0 Å². The summed E-state index contributed by atoms with van der Waals surface area (Å²) in [6.07, 6.45) is -5.68. The molecule has 10 heteroatoms. The average molecular weight is 306 g/mol. The van der Waals surface area contributed by atoms with Crippen molar-refractivity contribution >= 4 is 17.3 Å². The predicted octanol–water partition coefficient (Wildman–Crippen LogP) is 1.95. The van der Waals surface area contributed by atoms with Gasteiger partial charge in [-0.25, -0.2) is 0 Å². The Morgan fingerprint density at radius 3 is 2.57 bits per heavy atom. The number of benzene rings is 1. The first kappa shape index (κ1) is 16.7. The van der Waals surface area contributed by atoms with Crippen LogP contribution < -0.4 is 16.6 Å². The fourth-order valence-electron chi connectivity index (χ4n) is 1.74. The third-order valence-corrected chi connectivity index (χ3v) is 2.53. The van der Waals surface area contributed by atoms with Crippen molar-refractivity contribution in [3.05, 3.63) is 33.9 Å². The van der Waals surface area contributed by atoms with Crippen LogP contribution in [0.4, 0.5) is 24.5 Å². The number of nitrogens with one attached hydrogen (secondary N) is 2. The highest BCUT2D eigenvalue weighted by Gasteiger charge is 2.32. The molecule has 116 valence electrons. The van der Waals surface area contributed by atoms with E-state index in [4.69, 9.17) is 5.84 Å². The molecule has 1 aromatic rings. The van der Waals surface area contributed by atoms with Gasteiger partial charge in [-0.15, -0.1) is 0 Å². The minimum absolute atomic E-state index is 0.115. The van der Waals surface area contributed by atoms with E-state index in [0.717, 1.165) is 13.0 Å². The number of hydrogen-bond donors (Lipinski definition) is 3. The Balaban J connectivity index is 3.00. The van der Waals surface area contributed by atoms with Gasteiger partial charge in [0.05, 0.1) is 11.3 Å². The molecule has 1 aromatic carbocycles. The number of nitro groups is 1. The number of rotatable bonds is 5. The lowest BCUT2D eigenvalue weighted by Crippen LogP contribution is -2.36. The number of nitrogens with zero attached hydrogens (tertiary/aromatic N) is 1. The summed E-state index contributed by atoms with van der Waals surface area (Å²) >= 11 is 0. The molecule has 7 nitrogen and oxygen atoms in total. The number of hydrogen-bond acceptors (Lipinski definition) is 5. The minimum atomic E-state index is -4.45. The van der Waals surface area contributed by atoms with Crippen LogP contribution in [-0.2, 0) is 0 Å². The maximum atomic E-state index is 12.2. The maximum absolute atomic E-state index is 12.2. The van der Waals surface area contributed by atoms with E-state index in [-0.39, 0.29) is 11.3 Å². The molecule has 0 radical (unpaired) electrons. The Kier molecular flexibility index (Phi) is 5.08. The zero-order valence-electron chi connectivity index (χ0n) is 10.9. The van der Waals surface area contributed by atoms with Crippen molar-refractivity contribution < 1.29 is 22.9 Å². The number of para-hydroxylation sites is 1. The van der Waals surface area contributed by atoms with Crippen LogP contribution in [0.25, 0.3) is 0 Å². The molecule has 1 unspecified atom stereocenters. The molecule has 21 heavy (non-hydrogen) atoms. The van der Waals surface area contributed by atoms with Crippen molar-refractivity contribution in [3.8, 4) is 0 Å². The Labute approximate surface area is 117 Å². The number of anilines is 1. The third kappa shape index (κ3) is 4.60. The SMILES string of the molecule is CC(CC(F)(F)F)NC(=O)c1cccc(NN)c1[N+](=O)[O-]. The molecule has 0 saturated carbocycles. The average Bonchev–Trinajstić information content (AvgIpc) is 2.34. The molecular weight excluding hydrogens is 293 g/mol. The number of carbonyl (C=O) groups is 1. The number of nitrogens with two attached hydrogens (primary N) is 1. The highest BCUT2D eigenvalue weighted by molar-refractivity contribution is 6.00. The van der Waals surface area contributed by atoms with E-state index in [1.54, 1.807) is 0 Å². The van der Waals surface area contributed by atoms with Crippen LogP contribution in [0, 0.1) is 10.1 Å². The lowest BCUT2D eigenvalue weighted by molar-refractivity contribution is -0.384. The van der Waals surface area contributed by atoms with Crippen LogP contribution in [0.15, 0.2) is 18.2 Å². The van der Waals surface area contributed by atoms with Crippen LogP contribution >= 0.6 is 0 Å². The van der Waals surface area contributed by atoms with E-state index < -0.39 is 35.2 Å². The molecule has 1 amide bonds.